The van der Waals surface area contributed by atoms with E-state index in [0.717, 1.165) is 26.2 Å². The molecular formula is C11H24N4. The van der Waals surface area contributed by atoms with Crippen LogP contribution in [-0.4, -0.2) is 54.5 Å². The zero-order chi connectivity index (χ0) is 11.3. The lowest BCUT2D eigenvalue weighted by atomic mass is 10.3. The maximum atomic E-state index is 5.93. The second-order valence-electron chi connectivity index (χ2n) is 4.41. The van der Waals surface area contributed by atoms with Crippen molar-refractivity contribution in [3.63, 3.8) is 0 Å². The Kier molecular flexibility index (Phi) is 4.88. The highest BCUT2D eigenvalue weighted by Crippen LogP contribution is 2.02. The molecule has 15 heavy (non-hydrogen) atoms. The first-order valence-electron chi connectivity index (χ1n) is 5.94. The third-order valence-corrected chi connectivity index (χ3v) is 2.63. The largest absolute Gasteiger partial charge is 0.370 e. The molecule has 0 spiro atoms. The molecule has 0 aromatic heterocycles. The predicted octanol–water partition coefficient (Wildman–Crippen LogP) is 0.737. The van der Waals surface area contributed by atoms with Crippen LogP contribution in [0.5, 0.6) is 0 Å². The molecule has 0 atom stereocenters. The molecule has 0 amide bonds. The van der Waals surface area contributed by atoms with Crippen LogP contribution in [0.2, 0.25) is 0 Å². The van der Waals surface area contributed by atoms with Crippen LogP contribution in [0.3, 0.4) is 0 Å². The summed E-state index contributed by atoms with van der Waals surface area (Å²) in [6.45, 7) is 11.8. The van der Waals surface area contributed by atoms with E-state index in [1.807, 2.05) is 0 Å². The van der Waals surface area contributed by atoms with Gasteiger partial charge in [0.25, 0.3) is 0 Å². The van der Waals surface area contributed by atoms with E-state index in [2.05, 4.69) is 35.6 Å². The van der Waals surface area contributed by atoms with Crippen LogP contribution in [0.15, 0.2) is 4.99 Å². The fraction of sp³-hybridized carbons (Fsp3) is 0.909. The Balaban J connectivity index is 2.36. The van der Waals surface area contributed by atoms with Crippen LogP contribution in [0.1, 0.15) is 27.2 Å². The zero-order valence-electron chi connectivity index (χ0n) is 10.2. The van der Waals surface area contributed by atoms with E-state index < -0.39 is 0 Å². The van der Waals surface area contributed by atoms with E-state index in [9.17, 15) is 0 Å². The first kappa shape index (κ1) is 12.3. The fourth-order valence-corrected chi connectivity index (χ4v) is 1.86. The molecule has 0 bridgehead atoms. The van der Waals surface area contributed by atoms with E-state index >= 15 is 0 Å². The Morgan fingerprint density at radius 3 is 2.33 bits per heavy atom. The van der Waals surface area contributed by atoms with Gasteiger partial charge >= 0.3 is 0 Å². The lowest BCUT2D eigenvalue weighted by Gasteiger charge is -2.35. The molecule has 0 aliphatic carbocycles. The smallest absolute Gasteiger partial charge is 0.191 e. The molecule has 1 saturated heterocycles. The summed E-state index contributed by atoms with van der Waals surface area (Å²) in [7, 11) is 0. The second kappa shape index (κ2) is 5.95. The molecule has 0 unspecified atom stereocenters. The van der Waals surface area contributed by atoms with Crippen molar-refractivity contribution in [2.75, 3.05) is 32.7 Å². The molecule has 1 heterocycles. The van der Waals surface area contributed by atoms with Crippen molar-refractivity contribution in [2.24, 2.45) is 10.7 Å². The standard InChI is InChI=1S/C11H24N4/c1-4-5-14-6-8-15(9-7-14)11(12)13-10(2)3/h10H,4-9H2,1-3H3,(H2,12,13). The van der Waals surface area contributed by atoms with Gasteiger partial charge in [-0.2, -0.15) is 0 Å². The molecule has 4 nitrogen and oxygen atoms in total. The number of hydrogen-bond donors (Lipinski definition) is 1. The first-order valence-corrected chi connectivity index (χ1v) is 5.94. The summed E-state index contributed by atoms with van der Waals surface area (Å²) in [5.74, 6) is 0.709. The summed E-state index contributed by atoms with van der Waals surface area (Å²) in [5, 5.41) is 0. The number of piperazine rings is 1. The van der Waals surface area contributed by atoms with Crippen molar-refractivity contribution >= 4 is 5.96 Å². The van der Waals surface area contributed by atoms with E-state index in [0.29, 0.717) is 12.0 Å². The number of nitrogens with zero attached hydrogens (tertiary/aromatic N) is 3. The van der Waals surface area contributed by atoms with E-state index in [1.165, 1.54) is 13.0 Å². The Morgan fingerprint density at radius 2 is 1.87 bits per heavy atom. The van der Waals surface area contributed by atoms with Gasteiger partial charge in [-0.15, -0.1) is 0 Å². The van der Waals surface area contributed by atoms with Crippen molar-refractivity contribution < 1.29 is 0 Å². The van der Waals surface area contributed by atoms with Crippen LogP contribution in [0.25, 0.3) is 0 Å². The van der Waals surface area contributed by atoms with Crippen molar-refractivity contribution in [3.8, 4) is 0 Å². The van der Waals surface area contributed by atoms with Gasteiger partial charge in [-0.3, -0.25) is 9.89 Å². The SMILES string of the molecule is CCCN1CCN(C(N)=NC(C)C)CC1. The Labute approximate surface area is 93.1 Å². The summed E-state index contributed by atoms with van der Waals surface area (Å²) < 4.78 is 0. The summed E-state index contributed by atoms with van der Waals surface area (Å²) in [4.78, 5) is 9.05. The van der Waals surface area contributed by atoms with Crippen LogP contribution in [0, 0.1) is 0 Å². The van der Waals surface area contributed by atoms with Crippen LogP contribution in [-0.2, 0) is 0 Å². The zero-order valence-corrected chi connectivity index (χ0v) is 10.2. The van der Waals surface area contributed by atoms with Gasteiger partial charge in [-0.1, -0.05) is 6.92 Å². The number of aliphatic imine (C=N–C) groups is 1. The second-order valence-corrected chi connectivity index (χ2v) is 4.41. The summed E-state index contributed by atoms with van der Waals surface area (Å²) in [6, 6.07) is 0.290. The Bertz CT molecular complexity index is 205. The number of hydrogen-bond acceptors (Lipinski definition) is 2. The molecule has 4 heteroatoms. The molecule has 88 valence electrons. The summed E-state index contributed by atoms with van der Waals surface area (Å²) in [5.41, 5.74) is 5.93. The number of nitrogens with two attached hydrogens (primary N) is 1. The Morgan fingerprint density at radius 1 is 1.27 bits per heavy atom. The molecule has 0 radical (unpaired) electrons. The van der Waals surface area contributed by atoms with E-state index in [1.54, 1.807) is 0 Å². The van der Waals surface area contributed by atoms with Gasteiger partial charge in [0, 0.05) is 32.2 Å². The number of guanidine groups is 1. The molecule has 0 aromatic rings. The maximum absolute atomic E-state index is 5.93. The minimum Gasteiger partial charge on any atom is -0.370 e. The monoisotopic (exact) mass is 212 g/mol. The van der Waals surface area contributed by atoms with Crippen LogP contribution in [0.4, 0.5) is 0 Å². The third kappa shape index (κ3) is 4.08. The van der Waals surface area contributed by atoms with Crippen LogP contribution >= 0.6 is 0 Å². The highest BCUT2D eigenvalue weighted by molar-refractivity contribution is 5.78. The highest BCUT2D eigenvalue weighted by atomic mass is 15.3. The topological polar surface area (TPSA) is 44.9 Å². The molecule has 1 rings (SSSR count). The minimum absolute atomic E-state index is 0.290. The summed E-state index contributed by atoms with van der Waals surface area (Å²) >= 11 is 0. The van der Waals surface area contributed by atoms with Crippen molar-refractivity contribution in [2.45, 2.75) is 33.2 Å². The fourth-order valence-electron chi connectivity index (χ4n) is 1.86. The van der Waals surface area contributed by atoms with Gasteiger partial charge < -0.3 is 10.6 Å². The van der Waals surface area contributed by atoms with Gasteiger partial charge in [0.1, 0.15) is 0 Å². The van der Waals surface area contributed by atoms with E-state index in [-0.39, 0.29) is 0 Å². The van der Waals surface area contributed by atoms with Crippen LogP contribution < -0.4 is 5.73 Å². The van der Waals surface area contributed by atoms with Gasteiger partial charge in [0.05, 0.1) is 0 Å². The quantitative estimate of drug-likeness (QED) is 0.554. The lowest BCUT2D eigenvalue weighted by Crippen LogP contribution is -2.51. The molecule has 2 N–H and O–H groups in total. The predicted molar refractivity (Wildman–Crippen MR) is 65.1 cm³/mol. The van der Waals surface area contributed by atoms with E-state index in [4.69, 9.17) is 5.73 Å². The Hall–Kier alpha value is -0.770. The average molecular weight is 212 g/mol. The van der Waals surface area contributed by atoms with Gasteiger partial charge in [-0.05, 0) is 26.8 Å². The van der Waals surface area contributed by atoms with Crippen molar-refractivity contribution in [1.82, 2.24) is 9.80 Å². The molecule has 1 fully saturated rings. The number of rotatable bonds is 3. The lowest BCUT2D eigenvalue weighted by molar-refractivity contribution is 0.181. The summed E-state index contributed by atoms with van der Waals surface area (Å²) in [6.07, 6.45) is 1.23. The molecular weight excluding hydrogens is 188 g/mol. The van der Waals surface area contributed by atoms with Gasteiger partial charge in [-0.25, -0.2) is 0 Å². The molecule has 0 aromatic carbocycles. The van der Waals surface area contributed by atoms with Crippen molar-refractivity contribution in [1.29, 1.82) is 0 Å². The molecule has 1 aliphatic heterocycles. The molecule has 0 saturated carbocycles. The minimum atomic E-state index is 0.290. The maximum Gasteiger partial charge on any atom is 0.191 e. The average Bonchev–Trinajstić information content (AvgIpc) is 2.18. The third-order valence-electron chi connectivity index (χ3n) is 2.63. The highest BCUT2D eigenvalue weighted by Gasteiger charge is 2.17. The normalized spacial score (nSPS) is 20.0. The van der Waals surface area contributed by atoms with Crippen molar-refractivity contribution in [3.05, 3.63) is 0 Å². The van der Waals surface area contributed by atoms with Gasteiger partial charge in [0.2, 0.25) is 0 Å². The first-order chi connectivity index (χ1) is 7.13. The molecule has 1 aliphatic rings. The van der Waals surface area contributed by atoms with Gasteiger partial charge in [0.15, 0.2) is 5.96 Å².